The predicted molar refractivity (Wildman–Crippen MR) is 102 cm³/mol. The van der Waals surface area contributed by atoms with Crippen molar-refractivity contribution in [2.24, 2.45) is 0 Å². The number of H-pyrrole nitrogens is 1. The smallest absolute Gasteiger partial charge is 0.280 e. The summed E-state index contributed by atoms with van der Waals surface area (Å²) >= 11 is 5.94. The van der Waals surface area contributed by atoms with E-state index in [2.05, 4.69) is 10.1 Å². The number of benzene rings is 2. The van der Waals surface area contributed by atoms with E-state index < -0.39 is 0 Å². The number of nitrogens with zero attached hydrogens (tertiary/aromatic N) is 2. The highest BCUT2D eigenvalue weighted by atomic mass is 35.5. The van der Waals surface area contributed by atoms with Gasteiger partial charge in [-0.1, -0.05) is 35.9 Å². The molecular weight excluding hydrogens is 350 g/mol. The maximum atomic E-state index is 12.8. The molecule has 0 aliphatic rings. The van der Waals surface area contributed by atoms with E-state index in [9.17, 15) is 9.59 Å². The van der Waals surface area contributed by atoms with Crippen LogP contribution in [0.5, 0.6) is 0 Å². The Labute approximate surface area is 153 Å². The Kier molecular flexibility index (Phi) is 3.93. The van der Waals surface area contributed by atoms with Gasteiger partial charge in [0.1, 0.15) is 6.29 Å². The predicted octanol–water partition coefficient (Wildman–Crippen LogP) is 4.16. The summed E-state index contributed by atoms with van der Waals surface area (Å²) in [5.41, 5.74) is 4.33. The van der Waals surface area contributed by atoms with Crippen molar-refractivity contribution in [1.82, 2.24) is 14.8 Å². The first-order valence-electron chi connectivity index (χ1n) is 8.00. The minimum atomic E-state index is -0.180. The molecule has 0 fully saturated rings. The van der Waals surface area contributed by atoms with Crippen LogP contribution in [0.25, 0.3) is 27.7 Å². The molecule has 0 unspecified atom stereocenters. The zero-order chi connectivity index (χ0) is 18.3. The van der Waals surface area contributed by atoms with Crippen LogP contribution in [-0.4, -0.2) is 21.1 Å². The van der Waals surface area contributed by atoms with E-state index in [1.165, 1.54) is 4.68 Å². The lowest BCUT2D eigenvalue weighted by atomic mass is 10.0. The molecule has 4 aromatic rings. The number of aldehydes is 1. The van der Waals surface area contributed by atoms with Crippen LogP contribution in [0.1, 0.15) is 16.1 Å². The molecule has 2 aromatic heterocycles. The topological polar surface area (TPSA) is 67.8 Å². The fraction of sp³-hybridized carbons (Fsp3) is 0.0500. The summed E-state index contributed by atoms with van der Waals surface area (Å²) in [6.45, 7) is 1.89. The summed E-state index contributed by atoms with van der Waals surface area (Å²) in [6, 6.07) is 14.2. The van der Waals surface area contributed by atoms with Gasteiger partial charge < -0.3 is 0 Å². The summed E-state index contributed by atoms with van der Waals surface area (Å²) in [5.74, 6) is 0. The van der Waals surface area contributed by atoms with Crippen molar-refractivity contribution in [1.29, 1.82) is 0 Å². The van der Waals surface area contributed by atoms with Gasteiger partial charge in [-0.3, -0.25) is 19.7 Å². The van der Waals surface area contributed by atoms with Gasteiger partial charge in [-0.25, -0.2) is 4.68 Å². The summed E-state index contributed by atoms with van der Waals surface area (Å²) in [4.78, 5) is 28.1. The number of hydrogen-bond donors (Lipinski definition) is 1. The highest BCUT2D eigenvalue weighted by molar-refractivity contribution is 6.30. The molecule has 0 atom stereocenters. The molecule has 2 heterocycles. The molecule has 0 bridgehead atoms. The minimum Gasteiger partial charge on any atom is -0.298 e. The summed E-state index contributed by atoms with van der Waals surface area (Å²) in [5, 5.41) is 4.29. The third-order valence-electron chi connectivity index (χ3n) is 4.35. The van der Waals surface area contributed by atoms with Crippen LogP contribution in [-0.2, 0) is 0 Å². The standard InChI is InChI=1S/C20H14ClN3O2/c1-12-18(14-4-2-13(11-25)3-5-14)19-17(10-22-12)20(26)24(23-19)16-8-6-15(21)7-9-16/h2-11,23H,1H3. The molecule has 0 aliphatic heterocycles. The number of fused-ring (bicyclic) bond motifs is 1. The second-order valence-corrected chi connectivity index (χ2v) is 6.41. The lowest BCUT2D eigenvalue weighted by Gasteiger charge is -2.07. The van der Waals surface area contributed by atoms with Crippen LogP contribution in [0.15, 0.2) is 59.5 Å². The number of hydrogen-bond acceptors (Lipinski definition) is 3. The van der Waals surface area contributed by atoms with E-state index in [4.69, 9.17) is 11.6 Å². The second-order valence-electron chi connectivity index (χ2n) is 5.98. The molecule has 0 aliphatic carbocycles. The molecule has 0 saturated carbocycles. The van der Waals surface area contributed by atoms with Gasteiger partial charge in [0.25, 0.3) is 5.56 Å². The highest BCUT2D eigenvalue weighted by Gasteiger charge is 2.16. The Morgan fingerprint density at radius 3 is 2.42 bits per heavy atom. The average molecular weight is 364 g/mol. The zero-order valence-electron chi connectivity index (χ0n) is 13.9. The fourth-order valence-electron chi connectivity index (χ4n) is 3.02. The number of halogens is 1. The van der Waals surface area contributed by atoms with Crippen molar-refractivity contribution in [3.63, 3.8) is 0 Å². The number of pyridine rings is 1. The van der Waals surface area contributed by atoms with Gasteiger partial charge in [0.05, 0.1) is 16.6 Å². The third-order valence-corrected chi connectivity index (χ3v) is 4.60. The first-order valence-corrected chi connectivity index (χ1v) is 8.38. The van der Waals surface area contributed by atoms with Crippen molar-refractivity contribution >= 4 is 28.8 Å². The van der Waals surface area contributed by atoms with Gasteiger partial charge in [-0.05, 0) is 36.8 Å². The van der Waals surface area contributed by atoms with Crippen LogP contribution in [0.2, 0.25) is 5.02 Å². The van der Waals surface area contributed by atoms with Crippen LogP contribution >= 0.6 is 11.6 Å². The fourth-order valence-corrected chi connectivity index (χ4v) is 3.15. The van der Waals surface area contributed by atoms with Crippen molar-refractivity contribution in [2.75, 3.05) is 0 Å². The maximum Gasteiger partial charge on any atom is 0.280 e. The number of carbonyl (C=O) groups is 1. The number of aromatic amines is 1. The maximum absolute atomic E-state index is 12.8. The Morgan fingerprint density at radius 1 is 1.08 bits per heavy atom. The molecule has 4 rings (SSSR count). The molecule has 26 heavy (non-hydrogen) atoms. The quantitative estimate of drug-likeness (QED) is 0.556. The second kappa shape index (κ2) is 6.28. The van der Waals surface area contributed by atoms with Crippen LogP contribution in [0.4, 0.5) is 0 Å². The molecular formula is C20H14ClN3O2. The molecule has 5 nitrogen and oxygen atoms in total. The van der Waals surface area contributed by atoms with Crippen molar-refractivity contribution < 1.29 is 4.79 Å². The molecule has 2 aromatic carbocycles. The van der Waals surface area contributed by atoms with Gasteiger partial charge in [0.2, 0.25) is 0 Å². The normalized spacial score (nSPS) is 11.0. The first-order chi connectivity index (χ1) is 12.6. The van der Waals surface area contributed by atoms with Crippen LogP contribution in [0, 0.1) is 6.92 Å². The van der Waals surface area contributed by atoms with Crippen LogP contribution < -0.4 is 5.56 Å². The SMILES string of the molecule is Cc1ncc2c(=O)n(-c3ccc(Cl)cc3)[nH]c2c1-c1ccc(C=O)cc1. The average Bonchev–Trinajstić information content (AvgIpc) is 2.99. The number of aromatic nitrogens is 3. The highest BCUT2D eigenvalue weighted by Crippen LogP contribution is 2.29. The van der Waals surface area contributed by atoms with Gasteiger partial charge >= 0.3 is 0 Å². The Hall–Kier alpha value is -3.18. The Balaban J connectivity index is 1.97. The van der Waals surface area contributed by atoms with E-state index in [1.807, 2.05) is 19.1 Å². The zero-order valence-corrected chi connectivity index (χ0v) is 14.6. The van der Waals surface area contributed by atoms with Gasteiger partial charge in [-0.2, -0.15) is 0 Å². The molecule has 0 radical (unpaired) electrons. The van der Waals surface area contributed by atoms with E-state index in [-0.39, 0.29) is 5.56 Å². The van der Waals surface area contributed by atoms with Gasteiger partial charge in [-0.15, -0.1) is 0 Å². The van der Waals surface area contributed by atoms with Gasteiger partial charge in [0.15, 0.2) is 0 Å². The Bertz CT molecular complexity index is 1170. The lowest BCUT2D eigenvalue weighted by molar-refractivity contribution is 0.112. The van der Waals surface area contributed by atoms with Gasteiger partial charge in [0, 0.05) is 28.0 Å². The lowest BCUT2D eigenvalue weighted by Crippen LogP contribution is -2.14. The number of aryl methyl sites for hydroxylation is 1. The largest absolute Gasteiger partial charge is 0.298 e. The summed E-state index contributed by atoms with van der Waals surface area (Å²) < 4.78 is 1.48. The number of rotatable bonds is 3. The molecule has 0 amide bonds. The van der Waals surface area contributed by atoms with E-state index >= 15 is 0 Å². The number of carbonyl (C=O) groups excluding carboxylic acids is 1. The molecule has 6 heteroatoms. The molecule has 0 spiro atoms. The Morgan fingerprint density at radius 2 is 1.77 bits per heavy atom. The van der Waals surface area contributed by atoms with Crippen LogP contribution in [0.3, 0.4) is 0 Å². The van der Waals surface area contributed by atoms with E-state index in [1.54, 1.807) is 42.6 Å². The van der Waals surface area contributed by atoms with E-state index in [0.29, 0.717) is 27.2 Å². The molecule has 128 valence electrons. The summed E-state index contributed by atoms with van der Waals surface area (Å²) in [6.07, 6.45) is 2.38. The third kappa shape index (κ3) is 2.62. The summed E-state index contributed by atoms with van der Waals surface area (Å²) in [7, 11) is 0. The monoisotopic (exact) mass is 363 g/mol. The van der Waals surface area contributed by atoms with Crippen molar-refractivity contribution in [2.45, 2.75) is 6.92 Å². The number of nitrogens with one attached hydrogen (secondary N) is 1. The molecule has 0 saturated heterocycles. The molecule has 1 N–H and O–H groups in total. The minimum absolute atomic E-state index is 0.180. The van der Waals surface area contributed by atoms with Crippen molar-refractivity contribution in [3.05, 3.63) is 81.4 Å². The van der Waals surface area contributed by atoms with E-state index in [0.717, 1.165) is 23.1 Å². The first kappa shape index (κ1) is 16.3. The van der Waals surface area contributed by atoms with Crippen molar-refractivity contribution in [3.8, 4) is 16.8 Å².